The molecule has 0 aromatic carbocycles. The summed E-state index contributed by atoms with van der Waals surface area (Å²) in [6.45, 7) is 8.83. The minimum absolute atomic E-state index is 0.359. The van der Waals surface area contributed by atoms with Gasteiger partial charge in [-0.3, -0.25) is 4.79 Å². The zero-order valence-corrected chi connectivity index (χ0v) is 9.97. The molecule has 0 saturated heterocycles. The second-order valence-electron chi connectivity index (χ2n) is 2.96. The Balaban J connectivity index is 0. The Morgan fingerprint density at radius 1 is 1.29 bits per heavy atom. The Morgan fingerprint density at radius 2 is 1.86 bits per heavy atom. The minimum Gasteiger partial charge on any atom is -0.480 e. The van der Waals surface area contributed by atoms with E-state index in [2.05, 4.69) is 12.2 Å². The van der Waals surface area contributed by atoms with E-state index in [4.69, 9.17) is 5.11 Å². The van der Waals surface area contributed by atoms with E-state index >= 15 is 0 Å². The van der Waals surface area contributed by atoms with Gasteiger partial charge >= 0.3 is 5.97 Å². The van der Waals surface area contributed by atoms with Crippen molar-refractivity contribution in [1.29, 1.82) is 0 Å². The average molecular weight is 203 g/mol. The fraction of sp³-hybridized carbons (Fsp3) is 0.909. The predicted octanol–water partition coefficient (Wildman–Crippen LogP) is 2.66. The van der Waals surface area contributed by atoms with Crippen molar-refractivity contribution in [2.45, 2.75) is 59.4 Å². The van der Waals surface area contributed by atoms with E-state index in [1.807, 2.05) is 20.8 Å². The van der Waals surface area contributed by atoms with Gasteiger partial charge in [-0.1, -0.05) is 40.5 Å². The zero-order valence-electron chi connectivity index (χ0n) is 9.97. The van der Waals surface area contributed by atoms with Gasteiger partial charge in [-0.05, 0) is 19.4 Å². The Hall–Kier alpha value is -0.570. The van der Waals surface area contributed by atoms with Gasteiger partial charge in [-0.25, -0.2) is 0 Å². The fourth-order valence-corrected chi connectivity index (χ4v) is 1.06. The summed E-state index contributed by atoms with van der Waals surface area (Å²) in [6.07, 6.45) is 4.07. The molecule has 0 radical (unpaired) electrons. The lowest BCUT2D eigenvalue weighted by atomic mass is 10.2. The maximum atomic E-state index is 10.5. The van der Waals surface area contributed by atoms with Crippen LogP contribution >= 0.6 is 0 Å². The zero-order chi connectivity index (χ0) is 11.4. The molecular weight excluding hydrogens is 178 g/mol. The van der Waals surface area contributed by atoms with Crippen molar-refractivity contribution < 1.29 is 9.90 Å². The van der Waals surface area contributed by atoms with E-state index in [0.29, 0.717) is 6.42 Å². The molecule has 0 aliphatic heterocycles. The Bertz CT molecular complexity index is 126. The van der Waals surface area contributed by atoms with Gasteiger partial charge in [0.25, 0.3) is 0 Å². The van der Waals surface area contributed by atoms with Crippen LogP contribution in [0.25, 0.3) is 0 Å². The normalized spacial score (nSPS) is 11.4. The summed E-state index contributed by atoms with van der Waals surface area (Å²) in [4.78, 5) is 10.5. The van der Waals surface area contributed by atoms with Crippen LogP contribution in [0.15, 0.2) is 0 Å². The first kappa shape index (κ1) is 15.9. The van der Waals surface area contributed by atoms with E-state index in [0.717, 1.165) is 13.0 Å². The van der Waals surface area contributed by atoms with Crippen molar-refractivity contribution in [3.63, 3.8) is 0 Å². The topological polar surface area (TPSA) is 49.3 Å². The van der Waals surface area contributed by atoms with Crippen molar-refractivity contribution in [3.05, 3.63) is 0 Å². The van der Waals surface area contributed by atoms with Crippen LogP contribution in [0.1, 0.15) is 53.4 Å². The van der Waals surface area contributed by atoms with Crippen molar-refractivity contribution in [2.75, 3.05) is 6.54 Å². The van der Waals surface area contributed by atoms with Crippen LogP contribution in [0.4, 0.5) is 0 Å². The molecule has 0 rings (SSSR count). The summed E-state index contributed by atoms with van der Waals surface area (Å²) in [5.41, 5.74) is 0. The number of aliphatic carboxylic acids is 1. The highest BCUT2D eigenvalue weighted by Crippen LogP contribution is 1.94. The summed E-state index contributed by atoms with van der Waals surface area (Å²) in [5, 5.41) is 11.7. The maximum absolute atomic E-state index is 10.5. The molecule has 86 valence electrons. The van der Waals surface area contributed by atoms with Gasteiger partial charge in [0, 0.05) is 0 Å². The lowest BCUT2D eigenvalue weighted by Gasteiger charge is -2.11. The highest BCUT2D eigenvalue weighted by molar-refractivity contribution is 5.73. The van der Waals surface area contributed by atoms with Crippen molar-refractivity contribution >= 4 is 5.97 Å². The maximum Gasteiger partial charge on any atom is 0.320 e. The number of unbranched alkanes of at least 4 members (excludes halogenated alkanes) is 2. The summed E-state index contributed by atoms with van der Waals surface area (Å²) in [7, 11) is 0. The van der Waals surface area contributed by atoms with Crippen LogP contribution in [0.2, 0.25) is 0 Å². The standard InChI is InChI=1S/C9H19NO2.C2H6/c1-3-5-6-7-10-8(4-2)9(11)12;1-2/h8,10H,3-7H2,1-2H3,(H,11,12);1-2H3. The van der Waals surface area contributed by atoms with E-state index in [-0.39, 0.29) is 6.04 Å². The number of hydrogen-bond donors (Lipinski definition) is 2. The predicted molar refractivity (Wildman–Crippen MR) is 60.6 cm³/mol. The second-order valence-corrected chi connectivity index (χ2v) is 2.96. The molecule has 0 aliphatic rings. The van der Waals surface area contributed by atoms with Gasteiger partial charge in [-0.15, -0.1) is 0 Å². The van der Waals surface area contributed by atoms with Crippen LogP contribution in [-0.2, 0) is 4.79 Å². The molecule has 0 aromatic rings. The van der Waals surface area contributed by atoms with Crippen LogP contribution in [-0.4, -0.2) is 23.7 Å². The molecule has 14 heavy (non-hydrogen) atoms. The minimum atomic E-state index is -0.742. The van der Waals surface area contributed by atoms with Crippen molar-refractivity contribution in [1.82, 2.24) is 5.32 Å². The second kappa shape index (κ2) is 12.4. The first-order chi connectivity index (χ1) is 6.72. The van der Waals surface area contributed by atoms with Gasteiger partial charge in [0.15, 0.2) is 0 Å². The van der Waals surface area contributed by atoms with Gasteiger partial charge in [0.05, 0.1) is 0 Å². The third kappa shape index (κ3) is 9.52. The third-order valence-electron chi connectivity index (χ3n) is 1.88. The molecule has 0 amide bonds. The Kier molecular flexibility index (Phi) is 14.1. The van der Waals surface area contributed by atoms with E-state index in [9.17, 15) is 4.79 Å². The number of rotatable bonds is 7. The molecule has 0 saturated carbocycles. The molecule has 0 aliphatic carbocycles. The first-order valence-electron chi connectivity index (χ1n) is 5.68. The molecule has 1 unspecified atom stereocenters. The van der Waals surface area contributed by atoms with Crippen LogP contribution in [0.3, 0.4) is 0 Å². The van der Waals surface area contributed by atoms with E-state index in [1.165, 1.54) is 12.8 Å². The molecule has 1 atom stereocenters. The van der Waals surface area contributed by atoms with Gasteiger partial charge in [-0.2, -0.15) is 0 Å². The summed E-state index contributed by atoms with van der Waals surface area (Å²) >= 11 is 0. The Labute approximate surface area is 87.9 Å². The number of carboxylic acid groups (broad SMARTS) is 1. The van der Waals surface area contributed by atoms with Crippen LogP contribution in [0, 0.1) is 0 Å². The van der Waals surface area contributed by atoms with Gasteiger partial charge in [0.2, 0.25) is 0 Å². The lowest BCUT2D eigenvalue weighted by molar-refractivity contribution is -0.139. The highest BCUT2D eigenvalue weighted by Gasteiger charge is 2.12. The molecule has 0 spiro atoms. The Morgan fingerprint density at radius 3 is 2.21 bits per heavy atom. The lowest BCUT2D eigenvalue weighted by Crippen LogP contribution is -2.36. The number of nitrogens with one attached hydrogen (secondary N) is 1. The molecule has 3 nitrogen and oxygen atoms in total. The quantitative estimate of drug-likeness (QED) is 0.625. The van der Waals surface area contributed by atoms with Crippen LogP contribution < -0.4 is 5.32 Å². The summed E-state index contributed by atoms with van der Waals surface area (Å²) in [5.74, 6) is -0.742. The highest BCUT2D eigenvalue weighted by atomic mass is 16.4. The largest absolute Gasteiger partial charge is 0.480 e. The molecule has 0 bridgehead atoms. The molecule has 0 aromatic heterocycles. The molecule has 0 heterocycles. The van der Waals surface area contributed by atoms with Gasteiger partial charge in [0.1, 0.15) is 6.04 Å². The van der Waals surface area contributed by atoms with E-state index < -0.39 is 5.97 Å². The smallest absolute Gasteiger partial charge is 0.320 e. The summed E-state index contributed by atoms with van der Waals surface area (Å²) < 4.78 is 0. The van der Waals surface area contributed by atoms with Crippen LogP contribution in [0.5, 0.6) is 0 Å². The van der Waals surface area contributed by atoms with E-state index in [1.54, 1.807) is 0 Å². The number of carbonyl (C=O) groups is 1. The molecule has 3 heteroatoms. The SMILES string of the molecule is CC.CCCCCNC(CC)C(=O)O. The fourth-order valence-electron chi connectivity index (χ4n) is 1.06. The monoisotopic (exact) mass is 203 g/mol. The van der Waals surface area contributed by atoms with Crippen molar-refractivity contribution in [3.8, 4) is 0 Å². The summed E-state index contributed by atoms with van der Waals surface area (Å²) in [6, 6.07) is -0.359. The molecular formula is C11H25NO2. The molecule has 2 N–H and O–H groups in total. The number of carboxylic acids is 1. The van der Waals surface area contributed by atoms with Crippen molar-refractivity contribution in [2.24, 2.45) is 0 Å². The average Bonchev–Trinajstić information content (AvgIpc) is 2.20. The molecule has 0 fully saturated rings. The number of hydrogen-bond acceptors (Lipinski definition) is 2. The first-order valence-corrected chi connectivity index (χ1v) is 5.68. The third-order valence-corrected chi connectivity index (χ3v) is 1.88. The van der Waals surface area contributed by atoms with Gasteiger partial charge < -0.3 is 10.4 Å².